The van der Waals surface area contributed by atoms with Crippen LogP contribution >= 0.6 is 0 Å². The highest BCUT2D eigenvalue weighted by Gasteiger charge is 2.60. The Bertz CT molecular complexity index is 890. The Labute approximate surface area is 192 Å². The number of nitrogens with zero attached hydrogens (tertiary/aromatic N) is 2. The summed E-state index contributed by atoms with van der Waals surface area (Å²) in [6.07, 6.45) is -14.6. The van der Waals surface area contributed by atoms with Gasteiger partial charge in [0.1, 0.15) is 0 Å². The molecule has 1 amide bonds. The van der Waals surface area contributed by atoms with Crippen molar-refractivity contribution in [1.29, 1.82) is 0 Å². The molecule has 12 heteroatoms. The van der Waals surface area contributed by atoms with E-state index >= 15 is 0 Å². The van der Waals surface area contributed by atoms with E-state index in [1.54, 1.807) is 6.07 Å². The summed E-state index contributed by atoms with van der Waals surface area (Å²) in [5.74, 6) is -0.853. The molecule has 3 rings (SSSR count). The summed E-state index contributed by atoms with van der Waals surface area (Å²) < 4.78 is 79.6. The average Bonchev–Trinajstić information content (AvgIpc) is 3.23. The number of ether oxygens (including phenoxy) is 1. The molecule has 1 aromatic carbocycles. The molecule has 1 aliphatic carbocycles. The molecular formula is C22H26F6N2O4. The number of carboxylic acid groups (broad SMARTS) is 1. The summed E-state index contributed by atoms with van der Waals surface area (Å²) in [5.41, 5.74) is 1.58. The molecule has 0 bridgehead atoms. The van der Waals surface area contributed by atoms with Gasteiger partial charge in [-0.15, -0.1) is 0 Å². The van der Waals surface area contributed by atoms with Gasteiger partial charge in [0, 0.05) is 32.7 Å². The Kier molecular flexibility index (Phi) is 7.40. The van der Waals surface area contributed by atoms with E-state index < -0.39 is 35.9 Å². The zero-order valence-electron chi connectivity index (χ0n) is 18.5. The van der Waals surface area contributed by atoms with Gasteiger partial charge in [0.25, 0.3) is 6.10 Å². The van der Waals surface area contributed by atoms with Crippen LogP contribution in [0.1, 0.15) is 42.4 Å². The minimum absolute atomic E-state index is 0.0981. The first-order chi connectivity index (χ1) is 15.8. The maximum atomic E-state index is 12.6. The van der Waals surface area contributed by atoms with Crippen molar-refractivity contribution in [3.8, 4) is 0 Å². The average molecular weight is 496 g/mol. The number of hydrogen-bond acceptors (Lipinski definition) is 4. The van der Waals surface area contributed by atoms with Gasteiger partial charge in [-0.05, 0) is 36.5 Å². The highest BCUT2D eigenvalue weighted by atomic mass is 19.4. The Morgan fingerprint density at radius 1 is 1.03 bits per heavy atom. The molecule has 2 aliphatic rings. The zero-order chi connectivity index (χ0) is 25.3. The molecule has 6 nitrogen and oxygen atoms in total. The molecule has 0 aromatic heterocycles. The van der Waals surface area contributed by atoms with Crippen LogP contribution in [-0.2, 0) is 21.5 Å². The van der Waals surface area contributed by atoms with Crippen molar-refractivity contribution >= 4 is 12.1 Å². The van der Waals surface area contributed by atoms with Crippen LogP contribution in [0.15, 0.2) is 18.2 Å². The predicted molar refractivity (Wildman–Crippen MR) is 108 cm³/mol. The molecule has 0 unspecified atom stereocenters. The molecule has 0 spiro atoms. The van der Waals surface area contributed by atoms with Crippen LogP contribution in [0.5, 0.6) is 0 Å². The number of aliphatic carboxylic acids is 1. The van der Waals surface area contributed by atoms with E-state index in [9.17, 15) is 41.0 Å². The van der Waals surface area contributed by atoms with E-state index in [1.165, 1.54) is 0 Å². The molecule has 2 fully saturated rings. The van der Waals surface area contributed by atoms with Crippen molar-refractivity contribution in [3.05, 3.63) is 34.9 Å². The van der Waals surface area contributed by atoms with E-state index in [4.69, 9.17) is 0 Å². The second kappa shape index (κ2) is 9.63. The van der Waals surface area contributed by atoms with Crippen molar-refractivity contribution in [3.63, 3.8) is 0 Å². The molecule has 1 saturated carbocycles. The van der Waals surface area contributed by atoms with Crippen LogP contribution in [-0.4, -0.2) is 71.6 Å². The van der Waals surface area contributed by atoms with Crippen molar-refractivity contribution in [2.75, 3.05) is 26.2 Å². The third-order valence-electron chi connectivity index (χ3n) is 6.67. The maximum absolute atomic E-state index is 12.6. The summed E-state index contributed by atoms with van der Waals surface area (Å²) in [6.45, 7) is 2.50. The SMILES string of the molecule is Cc1c(CN2CCN(C(=O)OC(C(F)(F)F)C(F)(F)F)CC2)cccc1C1(C(=O)O)CCCC1. The summed E-state index contributed by atoms with van der Waals surface area (Å²) in [7, 11) is 0. The first kappa shape index (κ1) is 26.1. The van der Waals surface area contributed by atoms with Gasteiger partial charge >= 0.3 is 24.4 Å². The lowest BCUT2D eigenvalue weighted by molar-refractivity contribution is -0.308. The van der Waals surface area contributed by atoms with Crippen LogP contribution in [0.25, 0.3) is 0 Å². The number of amides is 1. The van der Waals surface area contributed by atoms with Gasteiger partial charge in [0.05, 0.1) is 5.41 Å². The van der Waals surface area contributed by atoms with Gasteiger partial charge < -0.3 is 14.7 Å². The number of hydrogen-bond donors (Lipinski definition) is 1. The Balaban J connectivity index is 1.64. The van der Waals surface area contributed by atoms with E-state index in [2.05, 4.69) is 4.74 Å². The lowest BCUT2D eigenvalue weighted by Gasteiger charge is -2.36. The molecule has 0 radical (unpaired) electrons. The van der Waals surface area contributed by atoms with Crippen molar-refractivity contribution in [2.45, 2.75) is 63.0 Å². The summed E-state index contributed by atoms with van der Waals surface area (Å²) in [6, 6.07) is 5.48. The zero-order valence-corrected chi connectivity index (χ0v) is 18.5. The highest BCUT2D eigenvalue weighted by molar-refractivity contribution is 5.82. The van der Waals surface area contributed by atoms with Crippen LogP contribution in [0, 0.1) is 6.92 Å². The number of piperazine rings is 1. The van der Waals surface area contributed by atoms with Gasteiger partial charge in [-0.3, -0.25) is 9.69 Å². The number of carboxylic acids is 1. The maximum Gasteiger partial charge on any atom is 0.434 e. The molecule has 34 heavy (non-hydrogen) atoms. The second-order valence-corrected chi connectivity index (χ2v) is 8.79. The number of rotatable bonds is 5. The fourth-order valence-electron chi connectivity index (χ4n) is 4.77. The fraction of sp³-hybridized carbons (Fsp3) is 0.636. The smallest absolute Gasteiger partial charge is 0.434 e. The fourth-order valence-corrected chi connectivity index (χ4v) is 4.77. The minimum Gasteiger partial charge on any atom is -0.481 e. The van der Waals surface area contributed by atoms with Crippen molar-refractivity contribution in [2.24, 2.45) is 0 Å². The molecule has 0 atom stereocenters. The largest absolute Gasteiger partial charge is 0.481 e. The third-order valence-corrected chi connectivity index (χ3v) is 6.67. The van der Waals surface area contributed by atoms with Gasteiger partial charge in [-0.25, -0.2) is 4.79 Å². The van der Waals surface area contributed by atoms with Crippen LogP contribution < -0.4 is 0 Å². The number of halogens is 6. The number of benzene rings is 1. The molecule has 1 aliphatic heterocycles. The number of carbonyl (C=O) groups is 2. The number of carbonyl (C=O) groups excluding carboxylic acids is 1. The Hall–Kier alpha value is -2.50. The third kappa shape index (κ3) is 5.42. The van der Waals surface area contributed by atoms with Crippen LogP contribution in [0.4, 0.5) is 31.1 Å². The lowest BCUT2D eigenvalue weighted by atomic mass is 9.76. The van der Waals surface area contributed by atoms with Crippen molar-refractivity contribution < 1.29 is 45.8 Å². The Morgan fingerprint density at radius 3 is 2.09 bits per heavy atom. The summed E-state index contributed by atoms with van der Waals surface area (Å²) in [4.78, 5) is 26.7. The minimum atomic E-state index is -5.76. The molecule has 1 aromatic rings. The first-order valence-electron chi connectivity index (χ1n) is 10.9. The van der Waals surface area contributed by atoms with E-state index in [0.717, 1.165) is 34.4 Å². The topological polar surface area (TPSA) is 70.1 Å². The summed E-state index contributed by atoms with van der Waals surface area (Å²) in [5, 5.41) is 9.90. The van der Waals surface area contributed by atoms with Gasteiger partial charge in [-0.2, -0.15) is 26.3 Å². The van der Waals surface area contributed by atoms with Gasteiger partial charge in [0.2, 0.25) is 0 Å². The van der Waals surface area contributed by atoms with E-state index in [1.807, 2.05) is 24.0 Å². The van der Waals surface area contributed by atoms with E-state index in [0.29, 0.717) is 19.4 Å². The van der Waals surface area contributed by atoms with Gasteiger partial charge in [0.15, 0.2) is 0 Å². The second-order valence-electron chi connectivity index (χ2n) is 8.79. The molecule has 190 valence electrons. The lowest BCUT2D eigenvalue weighted by Crippen LogP contribution is -2.52. The van der Waals surface area contributed by atoms with Crippen LogP contribution in [0.3, 0.4) is 0 Å². The van der Waals surface area contributed by atoms with E-state index in [-0.39, 0.29) is 26.2 Å². The van der Waals surface area contributed by atoms with Crippen molar-refractivity contribution in [1.82, 2.24) is 9.80 Å². The molecule has 1 heterocycles. The first-order valence-corrected chi connectivity index (χ1v) is 10.9. The highest BCUT2D eigenvalue weighted by Crippen LogP contribution is 2.43. The number of alkyl halides is 6. The van der Waals surface area contributed by atoms with Crippen LogP contribution in [0.2, 0.25) is 0 Å². The summed E-state index contributed by atoms with van der Waals surface area (Å²) >= 11 is 0. The van der Waals surface area contributed by atoms with Gasteiger partial charge in [-0.1, -0.05) is 31.0 Å². The monoisotopic (exact) mass is 496 g/mol. The normalized spacial score (nSPS) is 19.5. The molecular weight excluding hydrogens is 470 g/mol. The molecule has 1 N–H and O–H groups in total. The predicted octanol–water partition coefficient (Wildman–Crippen LogP) is 4.64. The quantitative estimate of drug-likeness (QED) is 0.602. The Morgan fingerprint density at radius 2 is 1.59 bits per heavy atom. The molecule has 1 saturated heterocycles. The standard InChI is InChI=1S/C22H26F6N2O4/c1-14-15(5-4-6-16(14)20(18(31)32)7-2-3-8-20)13-29-9-11-30(12-10-29)19(33)34-17(21(23,24)25)22(26,27)28/h4-6,17H,2-3,7-13H2,1H3,(H,31,32).